The third kappa shape index (κ3) is 3.80. The lowest BCUT2D eigenvalue weighted by Crippen LogP contribution is -2.36. The molecule has 1 fully saturated rings. The van der Waals surface area contributed by atoms with Crippen LogP contribution in [-0.4, -0.2) is 42.2 Å². The standard InChI is InChI=1S/C24H21FN5O2/c1-15-4-6-26-14-18(15)20-12-16-5-7-27-24(31)22(16)23(29-20)28-17-2-3-21(19(25)13-17)30-8-10-32-11-9-30/h2-7,12-14H,8-11H2,1H3,(H,28,29). The van der Waals surface area contributed by atoms with E-state index in [4.69, 9.17) is 4.74 Å². The van der Waals surface area contributed by atoms with Gasteiger partial charge in [0.05, 0.1) is 30.2 Å². The predicted molar refractivity (Wildman–Crippen MR) is 120 cm³/mol. The first kappa shape index (κ1) is 20.1. The smallest absolute Gasteiger partial charge is 0.281 e. The summed E-state index contributed by atoms with van der Waals surface area (Å²) in [6, 6.07) is 8.68. The molecule has 5 rings (SSSR count). The summed E-state index contributed by atoms with van der Waals surface area (Å²) in [5.41, 5.74) is 4.62. The molecular weight excluding hydrogens is 409 g/mol. The number of hydrogen-bond acceptors (Lipinski definition) is 6. The Balaban J connectivity index is 1.53. The van der Waals surface area contributed by atoms with Gasteiger partial charge in [0, 0.05) is 42.9 Å². The molecule has 0 atom stereocenters. The van der Waals surface area contributed by atoms with Crippen molar-refractivity contribution in [1.29, 1.82) is 0 Å². The van der Waals surface area contributed by atoms with E-state index in [0.29, 0.717) is 60.3 Å². The van der Waals surface area contributed by atoms with Crippen LogP contribution in [-0.2, 0) is 4.74 Å². The van der Waals surface area contributed by atoms with Gasteiger partial charge in [-0.1, -0.05) is 0 Å². The van der Waals surface area contributed by atoms with Crippen molar-refractivity contribution in [3.05, 3.63) is 71.4 Å². The van der Waals surface area contributed by atoms with Gasteiger partial charge < -0.3 is 15.0 Å². The van der Waals surface area contributed by atoms with Gasteiger partial charge >= 0.3 is 0 Å². The van der Waals surface area contributed by atoms with Crippen molar-refractivity contribution in [3.63, 3.8) is 0 Å². The van der Waals surface area contributed by atoms with Gasteiger partial charge in [-0.05, 0) is 54.5 Å². The van der Waals surface area contributed by atoms with Gasteiger partial charge in [-0.2, -0.15) is 0 Å². The van der Waals surface area contributed by atoms with Crippen molar-refractivity contribution >= 4 is 29.2 Å². The number of amides is 1. The molecule has 161 valence electrons. The molecule has 2 aliphatic heterocycles. The molecule has 0 spiro atoms. The van der Waals surface area contributed by atoms with Crippen LogP contribution in [0, 0.1) is 12.7 Å². The number of halogens is 1. The van der Waals surface area contributed by atoms with Gasteiger partial charge in [0.15, 0.2) is 0 Å². The van der Waals surface area contributed by atoms with Crippen molar-refractivity contribution in [2.75, 3.05) is 36.5 Å². The van der Waals surface area contributed by atoms with Gasteiger partial charge in [-0.15, -0.1) is 0 Å². The largest absolute Gasteiger partial charge is 0.378 e. The van der Waals surface area contributed by atoms with E-state index in [2.05, 4.69) is 20.6 Å². The summed E-state index contributed by atoms with van der Waals surface area (Å²) in [5, 5.41) is 7.02. The molecule has 0 bridgehead atoms. The third-order valence-electron chi connectivity index (χ3n) is 5.59. The van der Waals surface area contributed by atoms with Crippen molar-refractivity contribution in [2.45, 2.75) is 6.92 Å². The molecule has 2 aromatic heterocycles. The fourth-order valence-corrected chi connectivity index (χ4v) is 3.91. The van der Waals surface area contributed by atoms with Gasteiger partial charge in [0.1, 0.15) is 11.6 Å². The van der Waals surface area contributed by atoms with Crippen molar-refractivity contribution < 1.29 is 13.9 Å². The number of carbonyl (C=O) groups excluding carboxylic acids is 1. The first-order chi connectivity index (χ1) is 15.6. The van der Waals surface area contributed by atoms with E-state index < -0.39 is 5.91 Å². The predicted octanol–water partition coefficient (Wildman–Crippen LogP) is 3.90. The Bertz CT molecular complexity index is 1220. The number of benzene rings is 1. The van der Waals surface area contributed by atoms with Gasteiger partial charge in [0.25, 0.3) is 5.91 Å². The zero-order chi connectivity index (χ0) is 22.1. The minimum absolute atomic E-state index is 0.331. The topological polar surface area (TPSA) is 81.4 Å². The average Bonchev–Trinajstić information content (AvgIpc) is 2.80. The number of fused-ring (bicyclic) bond motifs is 1. The van der Waals surface area contributed by atoms with E-state index in [1.807, 2.05) is 24.0 Å². The van der Waals surface area contributed by atoms with Gasteiger partial charge in [-0.3, -0.25) is 9.78 Å². The maximum absolute atomic E-state index is 14.9. The SMILES string of the molecule is Cc1ccncc1-c1cc2c(c(Nc3ccc(N4CCOCC4)c(F)c3)n1)C(=O)[N]C=C2. The Morgan fingerprint density at radius 2 is 2.00 bits per heavy atom. The normalized spacial score (nSPS) is 15.3. The van der Waals surface area contributed by atoms with E-state index >= 15 is 0 Å². The minimum Gasteiger partial charge on any atom is -0.378 e. The first-order valence-corrected chi connectivity index (χ1v) is 10.4. The highest BCUT2D eigenvalue weighted by Crippen LogP contribution is 2.32. The second-order valence-corrected chi connectivity index (χ2v) is 7.65. The summed E-state index contributed by atoms with van der Waals surface area (Å²) in [7, 11) is 0. The van der Waals surface area contributed by atoms with Crippen LogP contribution in [0.25, 0.3) is 17.3 Å². The fourth-order valence-electron chi connectivity index (χ4n) is 3.91. The number of pyridine rings is 2. The molecule has 1 radical (unpaired) electrons. The summed E-state index contributed by atoms with van der Waals surface area (Å²) < 4.78 is 20.2. The summed E-state index contributed by atoms with van der Waals surface area (Å²) in [5.74, 6) is -0.407. The molecule has 1 N–H and O–H groups in total. The van der Waals surface area contributed by atoms with Crippen LogP contribution < -0.4 is 15.5 Å². The number of anilines is 3. The molecule has 4 heterocycles. The number of morpholine rings is 1. The highest BCUT2D eigenvalue weighted by atomic mass is 19.1. The molecular formula is C24H21FN5O2. The summed E-state index contributed by atoms with van der Waals surface area (Å²) in [4.78, 5) is 23.4. The zero-order valence-corrected chi connectivity index (χ0v) is 17.5. The maximum Gasteiger partial charge on any atom is 0.281 e. The monoisotopic (exact) mass is 430 g/mol. The van der Waals surface area contributed by atoms with Gasteiger partial charge in [-0.25, -0.2) is 14.7 Å². The molecule has 2 aliphatic rings. The number of nitrogens with zero attached hydrogens (tertiary/aromatic N) is 4. The molecule has 8 heteroatoms. The zero-order valence-electron chi connectivity index (χ0n) is 17.5. The number of hydrogen-bond donors (Lipinski definition) is 1. The van der Waals surface area contributed by atoms with Crippen LogP contribution >= 0.6 is 0 Å². The fraction of sp³-hybridized carbons (Fsp3) is 0.208. The summed E-state index contributed by atoms with van der Waals surface area (Å²) in [6.45, 7) is 4.42. The molecule has 0 unspecified atom stereocenters. The van der Waals surface area contributed by atoms with Crippen molar-refractivity contribution in [3.8, 4) is 11.3 Å². The Morgan fingerprint density at radius 3 is 2.78 bits per heavy atom. The highest BCUT2D eigenvalue weighted by molar-refractivity contribution is 6.05. The second-order valence-electron chi connectivity index (χ2n) is 7.65. The molecule has 1 aromatic carbocycles. The van der Waals surface area contributed by atoms with Gasteiger partial charge in [0.2, 0.25) is 0 Å². The second kappa shape index (κ2) is 8.39. The summed E-state index contributed by atoms with van der Waals surface area (Å²) in [6.07, 6.45) is 6.70. The van der Waals surface area contributed by atoms with Crippen molar-refractivity contribution in [2.24, 2.45) is 0 Å². The lowest BCUT2D eigenvalue weighted by atomic mass is 10.0. The van der Waals surface area contributed by atoms with E-state index in [0.717, 1.165) is 11.1 Å². The quantitative estimate of drug-likeness (QED) is 0.676. The molecule has 3 aromatic rings. The Hall–Kier alpha value is -3.78. The lowest BCUT2D eigenvalue weighted by Gasteiger charge is -2.29. The van der Waals surface area contributed by atoms with E-state index in [1.165, 1.54) is 12.3 Å². The number of rotatable bonds is 4. The van der Waals surface area contributed by atoms with Crippen LogP contribution in [0.2, 0.25) is 0 Å². The highest BCUT2D eigenvalue weighted by Gasteiger charge is 2.23. The minimum atomic E-state index is -0.391. The van der Waals surface area contributed by atoms with Crippen LogP contribution in [0.15, 0.2) is 48.9 Å². The van der Waals surface area contributed by atoms with Crippen LogP contribution in [0.4, 0.5) is 21.6 Å². The number of carbonyl (C=O) groups is 1. The number of nitrogens with one attached hydrogen (secondary N) is 1. The van der Waals surface area contributed by atoms with Crippen LogP contribution in [0.1, 0.15) is 21.5 Å². The molecule has 7 nitrogen and oxygen atoms in total. The molecule has 32 heavy (non-hydrogen) atoms. The molecule has 0 saturated carbocycles. The third-order valence-corrected chi connectivity index (χ3v) is 5.59. The lowest BCUT2D eigenvalue weighted by molar-refractivity contribution is 0.0965. The van der Waals surface area contributed by atoms with E-state index in [1.54, 1.807) is 30.6 Å². The van der Waals surface area contributed by atoms with E-state index in [-0.39, 0.29) is 5.82 Å². The molecule has 1 saturated heterocycles. The first-order valence-electron chi connectivity index (χ1n) is 10.4. The van der Waals surface area contributed by atoms with Crippen molar-refractivity contribution in [1.82, 2.24) is 15.3 Å². The number of aromatic nitrogens is 2. The Morgan fingerprint density at radius 1 is 1.16 bits per heavy atom. The molecule has 1 amide bonds. The Labute approximate surface area is 185 Å². The number of aryl methyl sites for hydroxylation is 1. The summed E-state index contributed by atoms with van der Waals surface area (Å²) >= 11 is 0. The average molecular weight is 430 g/mol. The number of ether oxygens (including phenoxy) is 1. The molecule has 0 aliphatic carbocycles. The Kier molecular flexibility index (Phi) is 5.28. The maximum atomic E-state index is 14.9. The van der Waals surface area contributed by atoms with E-state index in [9.17, 15) is 9.18 Å². The van der Waals surface area contributed by atoms with Crippen LogP contribution in [0.5, 0.6) is 0 Å². The van der Waals surface area contributed by atoms with Crippen LogP contribution in [0.3, 0.4) is 0 Å².